The number of hydrogen-bond donors (Lipinski definition) is 0. The van der Waals surface area contributed by atoms with Gasteiger partial charge in [0.05, 0.1) is 0 Å². The zero-order chi connectivity index (χ0) is 42.7. The van der Waals surface area contributed by atoms with Crippen LogP contribution >= 0.6 is 0 Å². The highest BCUT2D eigenvalue weighted by Gasteiger charge is 2.35. The van der Waals surface area contributed by atoms with Crippen LogP contribution in [0.2, 0.25) is 183 Å². The quantitative estimate of drug-likeness (QED) is 0.111. The second-order valence-electron chi connectivity index (χ2n) is 18.9. The van der Waals surface area contributed by atoms with Crippen molar-refractivity contribution in [1.29, 1.82) is 0 Å². The van der Waals surface area contributed by atoms with Crippen molar-refractivity contribution in [3.63, 3.8) is 0 Å². The van der Waals surface area contributed by atoms with Crippen LogP contribution in [0, 0.1) is 0 Å². The summed E-state index contributed by atoms with van der Waals surface area (Å²) >= 11 is 0. The summed E-state index contributed by atoms with van der Waals surface area (Å²) < 4.78 is 59.0. The predicted molar refractivity (Wildman–Crippen MR) is 267 cm³/mol. The van der Waals surface area contributed by atoms with Crippen molar-refractivity contribution in [2.75, 3.05) is 0 Å². The standard InChI is InChI=1S/C9H28O3Si4.C7H24O3Si4.C7H22O2Si3.C5H18O2Si3/c1-13(10-14(2,3)4)11-16(8,9)12-15(5,6)7;1-11(2)8-13(5)10-14(6,7)9-12(3)4;1-10(8-11(2,3)4)9-12(5,6)7;1-8(2)6-10(5)7-9(3)4/h13H,1-9H3;11-13H,1-7H3;10H,1-7H3;8-10H,1-5H3. The van der Waals surface area contributed by atoms with E-state index in [1.165, 1.54) is 0 Å². The van der Waals surface area contributed by atoms with Gasteiger partial charge in [0.15, 0.2) is 69.4 Å². The molecular weight excluding hydrogens is 890 g/mol. The van der Waals surface area contributed by atoms with E-state index in [9.17, 15) is 0 Å². The molecule has 0 fully saturated rings. The van der Waals surface area contributed by atoms with Crippen molar-refractivity contribution in [2.45, 2.75) is 183 Å². The highest BCUT2D eigenvalue weighted by Crippen LogP contribution is 2.18. The minimum Gasteiger partial charge on any atom is -0.442 e. The third-order valence-corrected chi connectivity index (χ3v) is 44.3. The Morgan fingerprint density at radius 3 is 0.769 bits per heavy atom. The molecule has 24 heteroatoms. The van der Waals surface area contributed by atoms with Crippen molar-refractivity contribution >= 4 is 124 Å². The Labute approximate surface area is 345 Å². The lowest BCUT2D eigenvalue weighted by atomic mass is 11.8. The maximum Gasteiger partial charge on any atom is 0.312 e. The fraction of sp³-hybridized carbons (Fsp3) is 1.00. The summed E-state index contributed by atoms with van der Waals surface area (Å²) in [5.74, 6) is 0. The maximum absolute atomic E-state index is 6.14. The van der Waals surface area contributed by atoms with E-state index in [1.54, 1.807) is 0 Å². The Hall–Kier alpha value is 2.64. The summed E-state index contributed by atoms with van der Waals surface area (Å²) in [6, 6.07) is 0. The summed E-state index contributed by atoms with van der Waals surface area (Å²) in [7, 11) is -18.6. The fourth-order valence-electron chi connectivity index (χ4n) is 4.91. The third kappa shape index (κ3) is 54.7. The van der Waals surface area contributed by atoms with Gasteiger partial charge in [-0.15, -0.1) is 0 Å². The Bertz CT molecular complexity index is 853. The van der Waals surface area contributed by atoms with Gasteiger partial charge >= 0.3 is 17.1 Å². The van der Waals surface area contributed by atoms with Crippen LogP contribution in [0.5, 0.6) is 0 Å². The van der Waals surface area contributed by atoms with Crippen LogP contribution in [0.4, 0.5) is 0 Å². The van der Waals surface area contributed by atoms with Gasteiger partial charge in [-0.25, -0.2) is 0 Å². The topological polar surface area (TPSA) is 92.3 Å². The van der Waals surface area contributed by atoms with Gasteiger partial charge in [-0.2, -0.15) is 0 Å². The van der Waals surface area contributed by atoms with E-state index in [0.29, 0.717) is 0 Å². The number of hydrogen-bond acceptors (Lipinski definition) is 10. The van der Waals surface area contributed by atoms with Crippen molar-refractivity contribution in [2.24, 2.45) is 0 Å². The highest BCUT2D eigenvalue weighted by molar-refractivity contribution is 6.85. The van der Waals surface area contributed by atoms with Crippen molar-refractivity contribution in [3.8, 4) is 0 Å². The van der Waals surface area contributed by atoms with E-state index in [2.05, 4.69) is 183 Å². The van der Waals surface area contributed by atoms with E-state index < -0.39 is 124 Å². The summed E-state index contributed by atoms with van der Waals surface area (Å²) in [5.41, 5.74) is 0. The SMILES string of the molecule is C[SiH](C)O[SiH](C)O[SiH](C)C.C[SiH](C)O[SiH](C)O[Si](C)(C)O[SiH](C)C.C[SiH](O[Si](C)(C)C)O[Si](C)(C)C.C[SiH](O[Si](C)(C)C)O[Si](C)(C)O[Si](C)(C)C. The second kappa shape index (κ2) is 28.2. The fourth-order valence-corrected chi connectivity index (χ4v) is 47.0. The Balaban J connectivity index is -0.000000300. The van der Waals surface area contributed by atoms with Crippen LogP contribution in [-0.4, -0.2) is 124 Å². The van der Waals surface area contributed by atoms with E-state index >= 15 is 0 Å². The third-order valence-electron chi connectivity index (χ3n) is 4.92. The molecule has 10 nitrogen and oxygen atoms in total. The van der Waals surface area contributed by atoms with Gasteiger partial charge in [0.2, 0.25) is 0 Å². The Kier molecular flexibility index (Phi) is 33.2. The molecule has 52 heavy (non-hydrogen) atoms. The predicted octanol–water partition coefficient (Wildman–Crippen LogP) is 8.19. The molecule has 0 aromatic rings. The van der Waals surface area contributed by atoms with E-state index in [1.807, 2.05) is 0 Å². The Morgan fingerprint density at radius 1 is 0.250 bits per heavy atom. The van der Waals surface area contributed by atoms with Gasteiger partial charge < -0.3 is 41.2 Å². The highest BCUT2D eigenvalue weighted by atomic mass is 28.5. The molecule has 0 saturated heterocycles. The smallest absolute Gasteiger partial charge is 0.312 e. The first-order valence-electron chi connectivity index (χ1n) is 19.4. The van der Waals surface area contributed by atoms with Crippen LogP contribution in [0.15, 0.2) is 0 Å². The first-order chi connectivity index (χ1) is 22.7. The van der Waals surface area contributed by atoms with Gasteiger partial charge in [0, 0.05) is 0 Å². The zero-order valence-electron chi connectivity index (χ0n) is 39.7. The first-order valence-corrected chi connectivity index (χ1v) is 58.2. The summed E-state index contributed by atoms with van der Waals surface area (Å²) in [6.45, 7) is 60.9. The minimum absolute atomic E-state index is 0.828. The molecule has 0 aliphatic heterocycles. The number of rotatable bonds is 20. The van der Waals surface area contributed by atoms with Crippen LogP contribution in [-0.2, 0) is 41.2 Å². The molecule has 0 rings (SSSR count). The molecule has 0 aromatic heterocycles. The van der Waals surface area contributed by atoms with E-state index in [4.69, 9.17) is 41.2 Å². The molecule has 0 N–H and O–H groups in total. The van der Waals surface area contributed by atoms with E-state index in [0.717, 1.165) is 0 Å². The van der Waals surface area contributed by atoms with Crippen LogP contribution in [0.3, 0.4) is 0 Å². The normalized spacial score (nSPS) is 14.7. The largest absolute Gasteiger partial charge is 0.442 e. The molecule has 0 heterocycles. The van der Waals surface area contributed by atoms with Crippen molar-refractivity contribution in [1.82, 2.24) is 0 Å². The van der Waals surface area contributed by atoms with Crippen LogP contribution < -0.4 is 0 Å². The molecule has 0 aliphatic rings. The average molecular weight is 982 g/mol. The van der Waals surface area contributed by atoms with Gasteiger partial charge in [-0.3, -0.25) is 0 Å². The molecule has 2 unspecified atom stereocenters. The minimum atomic E-state index is -1.98. The Morgan fingerprint density at radius 2 is 0.519 bits per heavy atom. The van der Waals surface area contributed by atoms with Crippen molar-refractivity contribution in [3.05, 3.63) is 0 Å². The monoisotopic (exact) mass is 980 g/mol. The lowest BCUT2D eigenvalue weighted by Gasteiger charge is -2.34. The van der Waals surface area contributed by atoms with Crippen LogP contribution in [0.25, 0.3) is 0 Å². The second-order valence-corrected chi connectivity index (χ2v) is 64.1. The lowest BCUT2D eigenvalue weighted by Crippen LogP contribution is -2.49. The van der Waals surface area contributed by atoms with E-state index in [-0.39, 0.29) is 0 Å². The molecule has 0 amide bonds. The zero-order valence-corrected chi connectivity index (χ0v) is 54.9. The molecule has 2 atom stereocenters. The van der Waals surface area contributed by atoms with Crippen LogP contribution in [0.1, 0.15) is 0 Å². The van der Waals surface area contributed by atoms with Gasteiger partial charge in [0.1, 0.15) is 0 Å². The van der Waals surface area contributed by atoms with Crippen molar-refractivity contribution < 1.29 is 41.2 Å². The summed E-state index contributed by atoms with van der Waals surface area (Å²) in [6.07, 6.45) is 0. The summed E-state index contributed by atoms with van der Waals surface area (Å²) in [4.78, 5) is 0. The molecule has 0 aliphatic carbocycles. The molecule has 320 valence electrons. The lowest BCUT2D eigenvalue weighted by molar-refractivity contribution is 0.352. The maximum atomic E-state index is 6.14. The van der Waals surface area contributed by atoms with Gasteiger partial charge in [0.25, 0.3) is 37.1 Å². The molecular formula is C28H92O10Si14. The van der Waals surface area contributed by atoms with Gasteiger partial charge in [-0.1, -0.05) is 0 Å². The summed E-state index contributed by atoms with van der Waals surface area (Å²) in [5, 5.41) is 0. The molecule has 0 saturated carbocycles. The van der Waals surface area contributed by atoms with Gasteiger partial charge in [-0.05, 0) is 183 Å². The first kappa shape index (κ1) is 61.3. The molecule has 0 bridgehead atoms. The molecule has 0 spiro atoms. The molecule has 0 aromatic carbocycles. The average Bonchev–Trinajstić information content (AvgIpc) is 2.70. The molecule has 0 radical (unpaired) electrons.